The van der Waals surface area contributed by atoms with Crippen LogP contribution in [0.4, 0.5) is 0 Å². The van der Waals surface area contributed by atoms with Gasteiger partial charge in [0.2, 0.25) is 0 Å². The molecular weight excluding hydrogens is 296 g/mol. The number of allylic oxidation sites excluding steroid dienone is 1. The van der Waals surface area contributed by atoms with E-state index in [4.69, 9.17) is 9.47 Å². The molecule has 132 valence electrons. The molecule has 0 N–H and O–H groups in total. The van der Waals surface area contributed by atoms with Crippen LogP contribution in [-0.4, -0.2) is 69.2 Å². The Kier molecular flexibility index (Phi) is 12.7. The van der Waals surface area contributed by atoms with Crippen LogP contribution in [0.5, 0.6) is 0 Å². The summed E-state index contributed by atoms with van der Waals surface area (Å²) in [7, 11) is 6.00. The third kappa shape index (κ3) is 14.9. The third-order valence-corrected chi connectivity index (χ3v) is 2.91. The van der Waals surface area contributed by atoms with Crippen molar-refractivity contribution in [3.8, 4) is 0 Å². The predicted octanol–water partition coefficient (Wildman–Crippen LogP) is 1.83. The fourth-order valence-electron chi connectivity index (χ4n) is 1.68. The molecule has 0 saturated carbocycles. The van der Waals surface area contributed by atoms with Crippen molar-refractivity contribution in [3.63, 3.8) is 0 Å². The standard InChI is InChI=1S/C17H30N2O4/c1-5-9-16(20)22-14-6-7-15-23-17(21)10-13-19(4)12-8-11-18(2)3/h5,9-10,13H,6-8,11-12,14-15H2,1-4H3/b9-5+,13-10+. The van der Waals surface area contributed by atoms with Crippen LogP contribution >= 0.6 is 0 Å². The Bertz CT molecular complexity index is 392. The Hall–Kier alpha value is -1.82. The lowest BCUT2D eigenvalue weighted by Crippen LogP contribution is -2.20. The zero-order valence-corrected chi connectivity index (χ0v) is 14.8. The van der Waals surface area contributed by atoms with Crippen LogP contribution in [0.1, 0.15) is 26.2 Å². The summed E-state index contributed by atoms with van der Waals surface area (Å²) in [4.78, 5) is 26.6. The molecule has 0 bridgehead atoms. The largest absolute Gasteiger partial charge is 0.463 e. The fourth-order valence-corrected chi connectivity index (χ4v) is 1.68. The first kappa shape index (κ1) is 21.2. The number of hydrogen-bond acceptors (Lipinski definition) is 6. The van der Waals surface area contributed by atoms with E-state index in [2.05, 4.69) is 4.90 Å². The molecule has 0 rings (SSSR count). The quantitative estimate of drug-likeness (QED) is 0.310. The van der Waals surface area contributed by atoms with Crippen LogP contribution in [0.3, 0.4) is 0 Å². The number of carbonyl (C=O) groups is 2. The van der Waals surface area contributed by atoms with Crippen molar-refractivity contribution in [2.75, 3.05) is 47.4 Å². The van der Waals surface area contributed by atoms with E-state index in [1.54, 1.807) is 19.2 Å². The average molecular weight is 326 g/mol. The molecule has 0 heterocycles. The predicted molar refractivity (Wildman–Crippen MR) is 90.9 cm³/mol. The fraction of sp³-hybridized carbons (Fsp3) is 0.647. The Morgan fingerprint density at radius 3 is 1.96 bits per heavy atom. The summed E-state index contributed by atoms with van der Waals surface area (Å²) >= 11 is 0. The van der Waals surface area contributed by atoms with Crippen molar-refractivity contribution in [1.29, 1.82) is 0 Å². The topological polar surface area (TPSA) is 59.1 Å². The average Bonchev–Trinajstić information content (AvgIpc) is 2.48. The lowest BCUT2D eigenvalue weighted by molar-refractivity contribution is -0.140. The van der Waals surface area contributed by atoms with Gasteiger partial charge in [-0.05, 0) is 46.8 Å². The zero-order chi connectivity index (χ0) is 17.5. The van der Waals surface area contributed by atoms with E-state index in [-0.39, 0.29) is 11.9 Å². The second kappa shape index (κ2) is 13.8. The van der Waals surface area contributed by atoms with Crippen LogP contribution in [-0.2, 0) is 19.1 Å². The highest BCUT2D eigenvalue weighted by atomic mass is 16.5. The van der Waals surface area contributed by atoms with Gasteiger partial charge in [-0.3, -0.25) is 0 Å². The molecule has 0 amide bonds. The van der Waals surface area contributed by atoms with Gasteiger partial charge in [-0.15, -0.1) is 0 Å². The van der Waals surface area contributed by atoms with Crippen molar-refractivity contribution in [3.05, 3.63) is 24.4 Å². The first-order valence-electron chi connectivity index (χ1n) is 7.95. The summed E-state index contributed by atoms with van der Waals surface area (Å²) in [5.41, 5.74) is 0. The van der Waals surface area contributed by atoms with Crippen molar-refractivity contribution >= 4 is 11.9 Å². The monoisotopic (exact) mass is 326 g/mol. The van der Waals surface area contributed by atoms with Crippen molar-refractivity contribution in [2.24, 2.45) is 0 Å². The molecule has 23 heavy (non-hydrogen) atoms. The van der Waals surface area contributed by atoms with E-state index in [0.29, 0.717) is 26.1 Å². The highest BCUT2D eigenvalue weighted by molar-refractivity contribution is 5.82. The van der Waals surface area contributed by atoms with Crippen molar-refractivity contribution < 1.29 is 19.1 Å². The van der Waals surface area contributed by atoms with E-state index in [1.807, 2.05) is 26.0 Å². The van der Waals surface area contributed by atoms with Crippen LogP contribution in [0.2, 0.25) is 0 Å². The molecule has 0 saturated heterocycles. The summed E-state index contributed by atoms with van der Waals surface area (Å²) in [6, 6.07) is 0. The maximum atomic E-state index is 11.5. The second-order valence-corrected chi connectivity index (χ2v) is 5.50. The van der Waals surface area contributed by atoms with E-state index >= 15 is 0 Å². The van der Waals surface area contributed by atoms with Gasteiger partial charge < -0.3 is 19.3 Å². The normalized spacial score (nSPS) is 11.3. The van der Waals surface area contributed by atoms with Gasteiger partial charge >= 0.3 is 11.9 Å². The number of rotatable bonds is 12. The highest BCUT2D eigenvalue weighted by Crippen LogP contribution is 1.95. The number of esters is 2. The molecule has 0 aromatic rings. The molecule has 6 heteroatoms. The molecule has 0 aliphatic heterocycles. The minimum Gasteiger partial charge on any atom is -0.463 e. The Balaban J connectivity index is 3.62. The smallest absolute Gasteiger partial charge is 0.332 e. The zero-order valence-electron chi connectivity index (χ0n) is 14.8. The van der Waals surface area contributed by atoms with Gasteiger partial charge in [-0.25, -0.2) is 9.59 Å². The minimum atomic E-state index is -0.352. The van der Waals surface area contributed by atoms with Crippen molar-refractivity contribution in [2.45, 2.75) is 26.2 Å². The molecule has 0 fully saturated rings. The maximum Gasteiger partial charge on any atom is 0.332 e. The number of ether oxygens (including phenoxy) is 2. The molecule has 0 spiro atoms. The molecule has 6 nitrogen and oxygen atoms in total. The molecular formula is C17H30N2O4. The SMILES string of the molecule is C/C=C/C(=O)OCCCCOC(=O)/C=C/N(C)CCCN(C)C. The van der Waals surface area contributed by atoms with E-state index in [0.717, 1.165) is 19.5 Å². The molecule has 0 unspecified atom stereocenters. The number of unbranched alkanes of at least 4 members (excludes halogenated alkanes) is 1. The number of nitrogens with zero attached hydrogens (tertiary/aromatic N) is 2. The first-order valence-corrected chi connectivity index (χ1v) is 7.95. The molecule has 0 aliphatic carbocycles. The van der Waals surface area contributed by atoms with Gasteiger partial charge in [0.1, 0.15) is 0 Å². The summed E-state index contributed by atoms with van der Waals surface area (Å²) in [6.45, 7) is 4.33. The Labute approximate surface area is 139 Å². The summed E-state index contributed by atoms with van der Waals surface area (Å²) in [5.74, 6) is -0.694. The third-order valence-electron chi connectivity index (χ3n) is 2.91. The van der Waals surface area contributed by atoms with Gasteiger partial charge in [-0.1, -0.05) is 6.08 Å². The lowest BCUT2D eigenvalue weighted by Gasteiger charge is -2.15. The molecule has 0 aromatic carbocycles. The van der Waals surface area contributed by atoms with Crippen LogP contribution in [0.25, 0.3) is 0 Å². The Morgan fingerprint density at radius 1 is 0.870 bits per heavy atom. The minimum absolute atomic E-state index is 0.328. The second-order valence-electron chi connectivity index (χ2n) is 5.50. The van der Waals surface area contributed by atoms with Crippen LogP contribution in [0.15, 0.2) is 24.4 Å². The first-order chi connectivity index (χ1) is 11.0. The van der Waals surface area contributed by atoms with Crippen molar-refractivity contribution in [1.82, 2.24) is 9.80 Å². The van der Waals surface area contributed by atoms with Gasteiger partial charge in [0, 0.05) is 31.9 Å². The van der Waals surface area contributed by atoms with E-state index in [9.17, 15) is 9.59 Å². The van der Waals surface area contributed by atoms with Gasteiger partial charge in [-0.2, -0.15) is 0 Å². The molecule has 0 radical (unpaired) electrons. The van der Waals surface area contributed by atoms with Gasteiger partial charge in [0.25, 0.3) is 0 Å². The van der Waals surface area contributed by atoms with E-state index in [1.165, 1.54) is 12.2 Å². The number of carbonyl (C=O) groups excluding carboxylic acids is 2. The highest BCUT2D eigenvalue weighted by Gasteiger charge is 2.00. The summed E-state index contributed by atoms with van der Waals surface area (Å²) < 4.78 is 10.0. The van der Waals surface area contributed by atoms with Gasteiger partial charge in [0.15, 0.2) is 0 Å². The Morgan fingerprint density at radius 2 is 1.43 bits per heavy atom. The summed E-state index contributed by atoms with van der Waals surface area (Å²) in [6.07, 6.45) is 8.55. The molecule has 0 atom stereocenters. The van der Waals surface area contributed by atoms with E-state index < -0.39 is 0 Å². The number of hydrogen-bond donors (Lipinski definition) is 0. The van der Waals surface area contributed by atoms with Crippen LogP contribution in [0, 0.1) is 0 Å². The van der Waals surface area contributed by atoms with Crippen LogP contribution < -0.4 is 0 Å². The molecule has 0 aliphatic rings. The van der Waals surface area contributed by atoms with Gasteiger partial charge in [0.05, 0.1) is 13.2 Å². The maximum absolute atomic E-state index is 11.5. The lowest BCUT2D eigenvalue weighted by atomic mass is 10.3. The molecule has 0 aromatic heterocycles. The summed E-state index contributed by atoms with van der Waals surface area (Å²) in [5, 5.41) is 0.